The van der Waals surface area contributed by atoms with Crippen molar-refractivity contribution >= 4 is 44.7 Å². The summed E-state index contributed by atoms with van der Waals surface area (Å²) in [6, 6.07) is 14.7. The third-order valence-electron chi connectivity index (χ3n) is 4.56. The van der Waals surface area contributed by atoms with Crippen molar-refractivity contribution in [3.63, 3.8) is 0 Å². The predicted molar refractivity (Wildman–Crippen MR) is 121 cm³/mol. The van der Waals surface area contributed by atoms with Crippen LogP contribution in [0.5, 0.6) is 0 Å². The molecule has 6 nitrogen and oxygen atoms in total. The van der Waals surface area contributed by atoms with Crippen LogP contribution >= 0.6 is 22.9 Å². The number of amides is 1. The van der Waals surface area contributed by atoms with Gasteiger partial charge in [-0.1, -0.05) is 48.9 Å². The normalized spacial score (nSPS) is 11.0. The lowest BCUT2D eigenvalue weighted by atomic mass is 10.1. The summed E-state index contributed by atoms with van der Waals surface area (Å²) in [4.78, 5) is 30.9. The quantitative estimate of drug-likeness (QED) is 0.471. The van der Waals surface area contributed by atoms with E-state index in [1.165, 1.54) is 16.0 Å². The lowest BCUT2D eigenvalue weighted by molar-refractivity contribution is 0.102. The van der Waals surface area contributed by atoms with Gasteiger partial charge >= 0.3 is 0 Å². The van der Waals surface area contributed by atoms with Crippen LogP contribution in [0.15, 0.2) is 59.5 Å². The molecule has 0 aliphatic heterocycles. The van der Waals surface area contributed by atoms with Crippen LogP contribution in [0.4, 0.5) is 5.13 Å². The fourth-order valence-electron chi connectivity index (χ4n) is 3.22. The molecule has 0 aliphatic rings. The van der Waals surface area contributed by atoms with Gasteiger partial charge in [0.15, 0.2) is 10.8 Å². The minimum absolute atomic E-state index is 0.193. The summed E-state index contributed by atoms with van der Waals surface area (Å²) in [5.74, 6) is -0.389. The SMILES string of the molecule is CCCn1nc(C(=O)Nc2ncc(Cc3cccc(Cl)c3)s2)c2ccccc2c1=O. The molecule has 1 amide bonds. The molecule has 0 saturated heterocycles. The standard InChI is InChI=1S/C22H19ClN4O2S/c1-2-10-27-21(29)18-9-4-3-8-17(18)19(26-27)20(28)25-22-24-13-16(30-22)12-14-6-5-7-15(23)11-14/h3-9,11,13H,2,10,12H2,1H3,(H,24,25,28). The molecule has 2 aromatic carbocycles. The van der Waals surface area contributed by atoms with E-state index >= 15 is 0 Å². The summed E-state index contributed by atoms with van der Waals surface area (Å²) in [5.41, 5.74) is 1.09. The molecule has 0 radical (unpaired) electrons. The first kappa shape index (κ1) is 20.3. The highest BCUT2D eigenvalue weighted by Gasteiger charge is 2.18. The molecule has 2 aromatic heterocycles. The number of benzene rings is 2. The van der Waals surface area contributed by atoms with Gasteiger partial charge in [-0.15, -0.1) is 11.3 Å². The second kappa shape index (κ2) is 8.77. The average molecular weight is 439 g/mol. The summed E-state index contributed by atoms with van der Waals surface area (Å²) in [6.07, 6.45) is 3.16. The van der Waals surface area contributed by atoms with Crippen LogP contribution in [0.2, 0.25) is 5.02 Å². The van der Waals surface area contributed by atoms with Crippen molar-refractivity contribution in [2.75, 3.05) is 5.32 Å². The van der Waals surface area contributed by atoms with Crippen LogP contribution in [-0.4, -0.2) is 20.7 Å². The van der Waals surface area contributed by atoms with E-state index in [4.69, 9.17) is 11.6 Å². The van der Waals surface area contributed by atoms with Gasteiger partial charge in [-0.05, 0) is 30.2 Å². The van der Waals surface area contributed by atoms with Crippen LogP contribution in [0.1, 0.15) is 34.3 Å². The molecule has 152 valence electrons. The number of hydrogen-bond acceptors (Lipinski definition) is 5. The average Bonchev–Trinajstić information content (AvgIpc) is 3.17. The van der Waals surface area contributed by atoms with E-state index in [9.17, 15) is 9.59 Å². The number of fused-ring (bicyclic) bond motifs is 1. The number of carbonyl (C=O) groups is 1. The Bertz CT molecular complexity index is 1280. The number of aromatic nitrogens is 3. The highest BCUT2D eigenvalue weighted by atomic mass is 35.5. The van der Waals surface area contributed by atoms with Crippen molar-refractivity contribution in [2.45, 2.75) is 26.3 Å². The van der Waals surface area contributed by atoms with E-state index in [0.29, 0.717) is 33.9 Å². The Morgan fingerprint density at radius 3 is 2.73 bits per heavy atom. The number of rotatable bonds is 6. The molecule has 0 bridgehead atoms. The van der Waals surface area contributed by atoms with Crippen LogP contribution in [0.25, 0.3) is 10.8 Å². The molecule has 0 saturated carbocycles. The molecule has 1 N–H and O–H groups in total. The minimum atomic E-state index is -0.389. The molecule has 0 unspecified atom stereocenters. The van der Waals surface area contributed by atoms with Gasteiger partial charge in [-0.2, -0.15) is 5.10 Å². The van der Waals surface area contributed by atoms with Crippen molar-refractivity contribution in [1.29, 1.82) is 0 Å². The van der Waals surface area contributed by atoms with Crippen molar-refractivity contribution in [3.8, 4) is 0 Å². The number of thiazole rings is 1. The molecule has 0 spiro atoms. The maximum Gasteiger partial charge on any atom is 0.278 e. The first-order valence-electron chi connectivity index (χ1n) is 9.55. The zero-order chi connectivity index (χ0) is 21.1. The lowest BCUT2D eigenvalue weighted by Gasteiger charge is -2.09. The second-order valence-electron chi connectivity index (χ2n) is 6.82. The number of hydrogen-bond donors (Lipinski definition) is 1. The molecule has 4 aromatic rings. The summed E-state index contributed by atoms with van der Waals surface area (Å²) in [6.45, 7) is 2.41. The van der Waals surface area contributed by atoms with Crippen LogP contribution < -0.4 is 10.9 Å². The Labute approximate surface area is 182 Å². The van der Waals surface area contributed by atoms with E-state index in [1.807, 2.05) is 31.2 Å². The summed E-state index contributed by atoms with van der Waals surface area (Å²) in [5, 5.41) is 9.32. The summed E-state index contributed by atoms with van der Waals surface area (Å²) >= 11 is 7.44. The van der Waals surface area contributed by atoms with Crippen molar-refractivity contribution in [2.24, 2.45) is 0 Å². The van der Waals surface area contributed by atoms with E-state index in [1.54, 1.807) is 30.5 Å². The minimum Gasteiger partial charge on any atom is -0.296 e. The maximum absolute atomic E-state index is 13.0. The van der Waals surface area contributed by atoms with E-state index in [0.717, 1.165) is 16.9 Å². The third-order valence-corrected chi connectivity index (χ3v) is 5.71. The van der Waals surface area contributed by atoms with Gasteiger partial charge in [0.2, 0.25) is 0 Å². The largest absolute Gasteiger partial charge is 0.296 e. The molecule has 2 heterocycles. The van der Waals surface area contributed by atoms with Crippen molar-refractivity contribution < 1.29 is 4.79 Å². The molecular formula is C22H19ClN4O2S. The first-order chi connectivity index (χ1) is 14.5. The van der Waals surface area contributed by atoms with Gasteiger partial charge in [0.1, 0.15) is 0 Å². The Balaban J connectivity index is 1.60. The van der Waals surface area contributed by atoms with Gasteiger partial charge in [-0.3, -0.25) is 14.9 Å². The molecule has 0 atom stereocenters. The van der Waals surface area contributed by atoms with Crippen LogP contribution in [0.3, 0.4) is 0 Å². The maximum atomic E-state index is 13.0. The first-order valence-corrected chi connectivity index (χ1v) is 10.7. The highest BCUT2D eigenvalue weighted by molar-refractivity contribution is 7.15. The van der Waals surface area contributed by atoms with Gasteiger partial charge in [0, 0.05) is 34.4 Å². The Morgan fingerprint density at radius 1 is 1.17 bits per heavy atom. The molecule has 8 heteroatoms. The van der Waals surface area contributed by atoms with E-state index < -0.39 is 0 Å². The number of anilines is 1. The summed E-state index contributed by atoms with van der Waals surface area (Å²) < 4.78 is 1.35. The monoisotopic (exact) mass is 438 g/mol. The molecule has 30 heavy (non-hydrogen) atoms. The number of aryl methyl sites for hydroxylation is 1. The number of nitrogens with one attached hydrogen (secondary N) is 1. The molecule has 0 fully saturated rings. The predicted octanol–water partition coefficient (Wildman–Crippen LogP) is 4.76. The van der Waals surface area contributed by atoms with Crippen LogP contribution in [0, 0.1) is 0 Å². The molecule has 4 rings (SSSR count). The fourth-order valence-corrected chi connectivity index (χ4v) is 4.27. The van der Waals surface area contributed by atoms with Gasteiger partial charge < -0.3 is 0 Å². The van der Waals surface area contributed by atoms with Crippen LogP contribution in [-0.2, 0) is 13.0 Å². The lowest BCUT2D eigenvalue weighted by Crippen LogP contribution is -2.27. The zero-order valence-corrected chi connectivity index (χ0v) is 17.8. The molecule has 0 aliphatic carbocycles. The number of carbonyl (C=O) groups excluding carboxylic acids is 1. The fraction of sp³-hybridized carbons (Fsp3) is 0.182. The molecular weight excluding hydrogens is 420 g/mol. The zero-order valence-electron chi connectivity index (χ0n) is 16.3. The van der Waals surface area contributed by atoms with Gasteiger partial charge in [0.25, 0.3) is 11.5 Å². The van der Waals surface area contributed by atoms with E-state index in [-0.39, 0.29) is 17.2 Å². The Kier molecular flexibility index (Phi) is 5.92. The number of halogens is 1. The summed E-state index contributed by atoms with van der Waals surface area (Å²) in [7, 11) is 0. The topological polar surface area (TPSA) is 76.9 Å². The third kappa shape index (κ3) is 4.27. The second-order valence-corrected chi connectivity index (χ2v) is 8.37. The Morgan fingerprint density at radius 2 is 1.97 bits per heavy atom. The Hall–Kier alpha value is -3.03. The number of nitrogens with zero attached hydrogens (tertiary/aromatic N) is 3. The van der Waals surface area contributed by atoms with Gasteiger partial charge in [-0.25, -0.2) is 9.67 Å². The van der Waals surface area contributed by atoms with E-state index in [2.05, 4.69) is 15.4 Å². The van der Waals surface area contributed by atoms with Crippen molar-refractivity contribution in [3.05, 3.63) is 86.2 Å². The smallest absolute Gasteiger partial charge is 0.278 e. The van der Waals surface area contributed by atoms with Gasteiger partial charge in [0.05, 0.1) is 5.39 Å². The highest BCUT2D eigenvalue weighted by Crippen LogP contribution is 2.23. The van der Waals surface area contributed by atoms with Crippen molar-refractivity contribution in [1.82, 2.24) is 14.8 Å².